The number of carbonyl (C=O) groups is 1. The number of methoxy groups -OCH3 is 1. The van der Waals surface area contributed by atoms with E-state index in [1.807, 2.05) is 67.6 Å². The average Bonchev–Trinajstić information content (AvgIpc) is 2.91. The van der Waals surface area contributed by atoms with E-state index < -0.39 is 9.84 Å². The topological polar surface area (TPSA) is 72.5 Å². The van der Waals surface area contributed by atoms with Crippen LogP contribution in [-0.4, -0.2) is 28.0 Å². The smallest absolute Gasteiger partial charge is 0.255 e. The Labute approximate surface area is 219 Å². The summed E-state index contributed by atoms with van der Waals surface area (Å²) in [5.41, 5.74) is 5.29. The Bertz CT molecular complexity index is 1490. The second kappa shape index (κ2) is 11.9. The van der Waals surface area contributed by atoms with E-state index in [1.165, 1.54) is 0 Å². The first-order chi connectivity index (χ1) is 17.9. The van der Waals surface area contributed by atoms with Crippen LogP contribution in [0.25, 0.3) is 11.1 Å². The molecule has 5 nitrogen and oxygen atoms in total. The molecule has 0 atom stereocenters. The Morgan fingerprint density at radius 3 is 2.30 bits per heavy atom. The number of hydrogen-bond donors (Lipinski definition) is 1. The highest BCUT2D eigenvalue weighted by Crippen LogP contribution is 2.25. The monoisotopic (exact) mass is 513 g/mol. The first-order valence-corrected chi connectivity index (χ1v) is 13.9. The summed E-state index contributed by atoms with van der Waals surface area (Å²) in [7, 11) is -1.97. The molecular formula is C31H31NO4S. The SMILES string of the molecule is COc1ccccc1C(=O)NCCCc1cccc(CS(=O)(=O)c2cccc(-c3cccc(C)c3)c2)c1. The minimum atomic E-state index is -3.51. The zero-order valence-corrected chi connectivity index (χ0v) is 21.9. The number of nitrogens with one attached hydrogen (secondary N) is 1. The maximum atomic E-state index is 13.2. The Morgan fingerprint density at radius 2 is 1.51 bits per heavy atom. The molecule has 0 aliphatic heterocycles. The molecule has 4 rings (SSSR count). The van der Waals surface area contributed by atoms with Crippen LogP contribution in [0.2, 0.25) is 0 Å². The summed E-state index contributed by atoms with van der Waals surface area (Å²) < 4.78 is 31.7. The number of aryl methyl sites for hydroxylation is 2. The van der Waals surface area contributed by atoms with E-state index in [1.54, 1.807) is 43.5 Å². The second-order valence-corrected chi connectivity index (χ2v) is 11.0. The number of carbonyl (C=O) groups excluding carboxylic acids is 1. The van der Waals surface area contributed by atoms with Crippen molar-refractivity contribution in [2.75, 3.05) is 13.7 Å². The van der Waals surface area contributed by atoms with Crippen LogP contribution in [0.4, 0.5) is 0 Å². The molecule has 0 heterocycles. The number of para-hydroxylation sites is 1. The van der Waals surface area contributed by atoms with Gasteiger partial charge in [-0.05, 0) is 66.3 Å². The van der Waals surface area contributed by atoms with Crippen LogP contribution in [0, 0.1) is 6.92 Å². The predicted molar refractivity (Wildman–Crippen MR) is 148 cm³/mol. The molecule has 0 bridgehead atoms. The average molecular weight is 514 g/mol. The van der Waals surface area contributed by atoms with Crippen LogP contribution in [0.15, 0.2) is 102 Å². The van der Waals surface area contributed by atoms with Crippen molar-refractivity contribution in [1.29, 1.82) is 0 Å². The molecule has 37 heavy (non-hydrogen) atoms. The quantitative estimate of drug-likeness (QED) is 0.264. The van der Waals surface area contributed by atoms with Crippen LogP contribution in [-0.2, 0) is 22.0 Å². The molecule has 6 heteroatoms. The van der Waals surface area contributed by atoms with Crippen molar-refractivity contribution in [1.82, 2.24) is 5.32 Å². The second-order valence-electron chi connectivity index (χ2n) is 9.04. The molecule has 4 aromatic rings. The Hall–Kier alpha value is -3.90. The Kier molecular flexibility index (Phi) is 8.41. The number of sulfone groups is 1. The van der Waals surface area contributed by atoms with Gasteiger partial charge in [0.25, 0.3) is 5.91 Å². The van der Waals surface area contributed by atoms with Gasteiger partial charge >= 0.3 is 0 Å². The Morgan fingerprint density at radius 1 is 0.811 bits per heavy atom. The van der Waals surface area contributed by atoms with E-state index in [4.69, 9.17) is 4.74 Å². The molecule has 190 valence electrons. The van der Waals surface area contributed by atoms with Crippen molar-refractivity contribution < 1.29 is 17.9 Å². The third kappa shape index (κ3) is 6.86. The predicted octanol–water partition coefficient (Wildman–Crippen LogP) is 6.01. The van der Waals surface area contributed by atoms with E-state index >= 15 is 0 Å². The fourth-order valence-corrected chi connectivity index (χ4v) is 5.67. The van der Waals surface area contributed by atoms with E-state index in [2.05, 4.69) is 5.32 Å². The molecule has 0 saturated carbocycles. The molecule has 0 aliphatic rings. The molecule has 0 saturated heterocycles. The van der Waals surface area contributed by atoms with Gasteiger partial charge < -0.3 is 10.1 Å². The van der Waals surface area contributed by atoms with Gasteiger partial charge in [-0.2, -0.15) is 0 Å². The van der Waals surface area contributed by atoms with Gasteiger partial charge in [0, 0.05) is 6.54 Å². The Balaban J connectivity index is 1.37. The third-order valence-corrected chi connectivity index (χ3v) is 7.86. The first kappa shape index (κ1) is 26.2. The molecule has 0 aromatic heterocycles. The van der Waals surface area contributed by atoms with Crippen LogP contribution in [0.5, 0.6) is 5.75 Å². The normalized spacial score (nSPS) is 11.2. The lowest BCUT2D eigenvalue weighted by Gasteiger charge is -2.10. The summed E-state index contributed by atoms with van der Waals surface area (Å²) in [5, 5.41) is 2.93. The van der Waals surface area contributed by atoms with Crippen LogP contribution < -0.4 is 10.1 Å². The first-order valence-electron chi connectivity index (χ1n) is 12.2. The highest BCUT2D eigenvalue weighted by molar-refractivity contribution is 7.90. The van der Waals surface area contributed by atoms with Crippen molar-refractivity contribution in [3.63, 3.8) is 0 Å². The number of amides is 1. The molecule has 0 unspecified atom stereocenters. The van der Waals surface area contributed by atoms with E-state index in [0.29, 0.717) is 22.8 Å². The lowest BCUT2D eigenvalue weighted by atomic mass is 10.0. The molecule has 4 aromatic carbocycles. The van der Waals surface area contributed by atoms with Gasteiger partial charge in [0.05, 0.1) is 23.3 Å². The summed E-state index contributed by atoms with van der Waals surface area (Å²) in [5.74, 6) is 0.298. The third-order valence-electron chi connectivity index (χ3n) is 6.17. The maximum Gasteiger partial charge on any atom is 0.255 e. The number of rotatable bonds is 10. The number of hydrogen-bond acceptors (Lipinski definition) is 4. The molecule has 0 aliphatic carbocycles. The van der Waals surface area contributed by atoms with Crippen molar-refractivity contribution in [2.45, 2.75) is 30.4 Å². The molecule has 0 radical (unpaired) electrons. The maximum absolute atomic E-state index is 13.2. The summed E-state index contributed by atoms with van der Waals surface area (Å²) in [6.07, 6.45) is 1.46. The molecule has 1 amide bonds. The van der Waals surface area contributed by atoms with Crippen molar-refractivity contribution in [3.05, 3.63) is 119 Å². The van der Waals surface area contributed by atoms with Crippen molar-refractivity contribution in [3.8, 4) is 16.9 Å². The number of ether oxygens (including phenoxy) is 1. The number of benzene rings is 4. The lowest BCUT2D eigenvalue weighted by molar-refractivity contribution is 0.0950. The molecule has 1 N–H and O–H groups in total. The van der Waals surface area contributed by atoms with Crippen molar-refractivity contribution >= 4 is 15.7 Å². The minimum absolute atomic E-state index is 0.0668. The lowest BCUT2D eigenvalue weighted by Crippen LogP contribution is -2.25. The van der Waals surface area contributed by atoms with Gasteiger partial charge in [0.2, 0.25) is 0 Å². The van der Waals surface area contributed by atoms with Gasteiger partial charge in [-0.15, -0.1) is 0 Å². The summed E-state index contributed by atoms with van der Waals surface area (Å²) in [4.78, 5) is 12.8. The standard InChI is InChI=1S/C31H31NO4S/c1-23-9-5-13-26(19-23)27-14-7-15-28(21-27)37(34,35)22-25-11-6-10-24(20-25)12-8-18-32-31(33)29-16-3-4-17-30(29)36-2/h3-7,9-11,13-17,19-21H,8,12,18,22H2,1-2H3,(H,32,33). The summed E-state index contributed by atoms with van der Waals surface area (Å²) >= 11 is 0. The summed E-state index contributed by atoms with van der Waals surface area (Å²) in [6.45, 7) is 2.52. The molecule has 0 fully saturated rings. The molecule has 0 spiro atoms. The van der Waals surface area contributed by atoms with Gasteiger partial charge in [0.15, 0.2) is 9.84 Å². The largest absolute Gasteiger partial charge is 0.496 e. The zero-order valence-electron chi connectivity index (χ0n) is 21.1. The highest BCUT2D eigenvalue weighted by Gasteiger charge is 2.17. The van der Waals surface area contributed by atoms with E-state index in [0.717, 1.165) is 40.7 Å². The van der Waals surface area contributed by atoms with E-state index in [-0.39, 0.29) is 11.7 Å². The van der Waals surface area contributed by atoms with Gasteiger partial charge in [0.1, 0.15) is 5.75 Å². The van der Waals surface area contributed by atoms with Crippen LogP contribution >= 0.6 is 0 Å². The van der Waals surface area contributed by atoms with Gasteiger partial charge in [-0.25, -0.2) is 8.42 Å². The zero-order chi connectivity index (χ0) is 26.3. The highest BCUT2D eigenvalue weighted by atomic mass is 32.2. The van der Waals surface area contributed by atoms with Crippen LogP contribution in [0.3, 0.4) is 0 Å². The summed E-state index contributed by atoms with van der Waals surface area (Å²) in [6, 6.07) is 29.9. The van der Waals surface area contributed by atoms with Crippen LogP contribution in [0.1, 0.15) is 33.5 Å². The molecular weight excluding hydrogens is 482 g/mol. The fraction of sp³-hybridized carbons (Fsp3) is 0.194. The minimum Gasteiger partial charge on any atom is -0.496 e. The fourth-order valence-electron chi connectivity index (χ4n) is 4.29. The van der Waals surface area contributed by atoms with Gasteiger partial charge in [-0.1, -0.05) is 78.4 Å². The van der Waals surface area contributed by atoms with Crippen molar-refractivity contribution in [2.24, 2.45) is 0 Å². The van der Waals surface area contributed by atoms with Gasteiger partial charge in [-0.3, -0.25) is 4.79 Å². The van der Waals surface area contributed by atoms with E-state index in [9.17, 15) is 13.2 Å².